The SMILES string of the molecule is [3H]CS(C)=O. The lowest BCUT2D eigenvalue weighted by Crippen LogP contribution is -1.70. The van der Waals surface area contributed by atoms with Crippen LogP contribution in [-0.2, 0) is 10.8 Å². The average molecular weight is 80.1 g/mol. The van der Waals surface area contributed by atoms with E-state index in [4.69, 9.17) is 1.37 Å². The van der Waals surface area contributed by atoms with Crippen molar-refractivity contribution in [2.75, 3.05) is 12.5 Å². The summed E-state index contributed by atoms with van der Waals surface area (Å²) in [6.07, 6.45) is 1.53. The summed E-state index contributed by atoms with van der Waals surface area (Å²) in [5.41, 5.74) is 0. The van der Waals surface area contributed by atoms with Gasteiger partial charge in [-0.25, -0.2) is 0 Å². The zero-order chi connectivity index (χ0) is 4.28. The van der Waals surface area contributed by atoms with Gasteiger partial charge in [-0.2, -0.15) is 0 Å². The number of hydrogen-bond acceptors (Lipinski definition) is 1. The zero-order valence-electron chi connectivity index (χ0n) is 3.52. The molecular formula is C2H6OS. The Morgan fingerprint density at radius 2 is 2.50 bits per heavy atom. The summed E-state index contributed by atoms with van der Waals surface area (Å²) in [6, 6.07) is 0. The maximum Gasteiger partial charge on any atom is 0.0370 e. The molecule has 0 aliphatic carbocycles. The molecule has 0 amide bonds. The van der Waals surface area contributed by atoms with Crippen LogP contribution in [0, 0.1) is 0 Å². The summed E-state index contributed by atoms with van der Waals surface area (Å²) in [5.74, 6) is 0. The van der Waals surface area contributed by atoms with Crippen molar-refractivity contribution in [1.82, 2.24) is 0 Å². The minimum atomic E-state index is -0.906. The van der Waals surface area contributed by atoms with Crippen LogP contribution in [0.25, 0.3) is 0 Å². The Bertz CT molecular complexity index is 44.9. The Morgan fingerprint density at radius 3 is 2.50 bits per heavy atom. The molecule has 0 aromatic heterocycles. The van der Waals surface area contributed by atoms with E-state index in [1.165, 1.54) is 6.26 Å². The monoisotopic (exact) mass is 80.0 g/mol. The van der Waals surface area contributed by atoms with Gasteiger partial charge in [-0.15, -0.1) is 0 Å². The largest absolute Gasteiger partial charge is 0.260 e. The smallest absolute Gasteiger partial charge is 0.0370 e. The van der Waals surface area contributed by atoms with Gasteiger partial charge < -0.3 is 0 Å². The molecule has 0 rings (SSSR count). The molecule has 1 atom stereocenters. The first-order valence-electron chi connectivity index (χ1n) is 1.57. The lowest BCUT2D eigenvalue weighted by Gasteiger charge is -1.60. The molecule has 0 heterocycles. The molecule has 0 aromatic carbocycles. The third-order valence-electron chi connectivity index (χ3n) is 0. The Balaban J connectivity index is 2.85. The van der Waals surface area contributed by atoms with Gasteiger partial charge in [-0.3, -0.25) is 4.21 Å². The molecule has 0 bridgehead atoms. The molecule has 0 saturated carbocycles. The van der Waals surface area contributed by atoms with Gasteiger partial charge in [0.05, 0.1) is 0 Å². The Kier molecular flexibility index (Phi) is 0.877. The molecule has 2 heteroatoms. The molecular weight excluding hydrogens is 72.1 g/mol. The minimum absolute atomic E-state index is 0.0278. The second-order valence-electron chi connectivity index (χ2n) is 0.573. The van der Waals surface area contributed by atoms with E-state index < -0.39 is 10.8 Å². The highest BCUT2D eigenvalue weighted by Crippen LogP contribution is 1.47. The Labute approximate surface area is 29.9 Å². The van der Waals surface area contributed by atoms with Crippen LogP contribution < -0.4 is 0 Å². The van der Waals surface area contributed by atoms with Gasteiger partial charge in [0.25, 0.3) is 0 Å². The van der Waals surface area contributed by atoms with Crippen molar-refractivity contribution >= 4 is 10.8 Å². The summed E-state index contributed by atoms with van der Waals surface area (Å²) >= 11 is 0. The highest BCUT2D eigenvalue weighted by atomic mass is 32.2. The fourth-order valence-corrected chi connectivity index (χ4v) is 0. The highest BCUT2D eigenvalue weighted by molar-refractivity contribution is 7.83. The highest BCUT2D eigenvalue weighted by Gasteiger charge is 1.57. The van der Waals surface area contributed by atoms with E-state index in [9.17, 15) is 4.21 Å². The van der Waals surface area contributed by atoms with Crippen LogP contribution in [-0.4, -0.2) is 16.7 Å². The molecule has 0 N–H and O–H groups in total. The molecule has 0 radical (unpaired) electrons. The van der Waals surface area contributed by atoms with Crippen LogP contribution in [0.2, 0.25) is 0 Å². The molecule has 26 valence electrons. The normalized spacial score (nSPS) is 18.8. The average Bonchev–Trinajstić information content (AvgIpc) is 1.38. The van der Waals surface area contributed by atoms with E-state index in [1.807, 2.05) is 0 Å². The van der Waals surface area contributed by atoms with E-state index in [1.54, 1.807) is 0 Å². The second kappa shape index (κ2) is 1.47. The van der Waals surface area contributed by atoms with Crippen LogP contribution in [0.5, 0.6) is 0 Å². The molecule has 0 aliphatic rings. The van der Waals surface area contributed by atoms with Crippen molar-refractivity contribution in [1.29, 1.82) is 0 Å². The lowest BCUT2D eigenvalue weighted by molar-refractivity contribution is 0.690. The van der Waals surface area contributed by atoms with Crippen LogP contribution in [0.15, 0.2) is 0 Å². The lowest BCUT2D eigenvalue weighted by atomic mass is 11.9. The van der Waals surface area contributed by atoms with Gasteiger partial charge in [0.1, 0.15) is 0 Å². The molecule has 4 heavy (non-hydrogen) atoms. The van der Waals surface area contributed by atoms with Gasteiger partial charge >= 0.3 is 0 Å². The predicted molar refractivity (Wildman–Crippen MR) is 20.0 cm³/mol. The van der Waals surface area contributed by atoms with Crippen LogP contribution in [0.1, 0.15) is 1.37 Å². The Hall–Kier alpha value is 0.150. The van der Waals surface area contributed by atoms with E-state index >= 15 is 0 Å². The third-order valence-corrected chi connectivity index (χ3v) is 0. The first kappa shape index (κ1) is 2.39. The molecule has 0 aliphatic heterocycles. The molecule has 1 unspecified atom stereocenters. The van der Waals surface area contributed by atoms with Gasteiger partial charge in [-0.05, 0) is 0 Å². The van der Waals surface area contributed by atoms with Crippen molar-refractivity contribution in [2.45, 2.75) is 0 Å². The number of rotatable bonds is 0. The van der Waals surface area contributed by atoms with Crippen molar-refractivity contribution in [2.24, 2.45) is 0 Å². The van der Waals surface area contributed by atoms with Crippen LogP contribution >= 0.6 is 0 Å². The van der Waals surface area contributed by atoms with Gasteiger partial charge in [0.15, 0.2) is 0 Å². The summed E-state index contributed by atoms with van der Waals surface area (Å²) in [7, 11) is -0.906. The fraction of sp³-hybridized carbons (Fsp3) is 1.00. The topological polar surface area (TPSA) is 17.1 Å². The second-order valence-corrected chi connectivity index (χ2v) is 1.72. The summed E-state index contributed by atoms with van der Waals surface area (Å²) in [4.78, 5) is 0. The molecule has 0 spiro atoms. The first-order valence-corrected chi connectivity index (χ1v) is 2.59. The van der Waals surface area contributed by atoms with E-state index in [-0.39, 0.29) is 6.23 Å². The molecule has 0 aromatic rings. The van der Waals surface area contributed by atoms with Crippen molar-refractivity contribution in [3.05, 3.63) is 0 Å². The molecule has 0 fully saturated rings. The van der Waals surface area contributed by atoms with Gasteiger partial charge in [0.2, 0.25) is 0 Å². The minimum Gasteiger partial charge on any atom is -0.260 e. The third kappa shape index (κ3) is 126. The van der Waals surface area contributed by atoms with Crippen LogP contribution in [0.4, 0.5) is 0 Å². The molecule has 1 nitrogen and oxygen atoms in total. The van der Waals surface area contributed by atoms with E-state index in [0.29, 0.717) is 0 Å². The summed E-state index contributed by atoms with van der Waals surface area (Å²) in [5, 5.41) is 0. The van der Waals surface area contributed by atoms with Crippen molar-refractivity contribution in [3.63, 3.8) is 0 Å². The quantitative estimate of drug-likeness (QED) is 0.400. The maximum absolute atomic E-state index is 9.74. The maximum atomic E-state index is 9.74. The van der Waals surface area contributed by atoms with E-state index in [2.05, 4.69) is 0 Å². The number of hydrogen-bond donors (Lipinski definition) is 0. The zero-order valence-corrected chi connectivity index (χ0v) is 3.34. The van der Waals surface area contributed by atoms with Crippen molar-refractivity contribution in [3.8, 4) is 0 Å². The summed E-state index contributed by atoms with van der Waals surface area (Å²) < 4.78 is 16.1. The van der Waals surface area contributed by atoms with Crippen molar-refractivity contribution < 1.29 is 5.58 Å². The summed E-state index contributed by atoms with van der Waals surface area (Å²) in [6.45, 7) is 0. The predicted octanol–water partition coefficient (Wildman–Crippen LogP) is -0.00530. The molecule has 0 saturated heterocycles. The van der Waals surface area contributed by atoms with Gasteiger partial charge in [-0.1, -0.05) is 0 Å². The standard InChI is InChI=1S/C2H6OS/c1-4(2)3/h1-2H3/i1T. The van der Waals surface area contributed by atoms with Crippen LogP contribution in [0.3, 0.4) is 0 Å². The first-order chi connectivity index (χ1) is 2.27. The van der Waals surface area contributed by atoms with E-state index in [0.717, 1.165) is 0 Å². The fourth-order valence-electron chi connectivity index (χ4n) is 0. The Morgan fingerprint density at radius 1 is 2.25 bits per heavy atom. The van der Waals surface area contributed by atoms with Gasteiger partial charge in [0, 0.05) is 24.7 Å².